The first-order chi connectivity index (χ1) is 17.7. The summed E-state index contributed by atoms with van der Waals surface area (Å²) in [6.45, 7) is 4.11. The second-order valence-electron chi connectivity index (χ2n) is 8.99. The fourth-order valence-electron chi connectivity index (χ4n) is 4.04. The first-order valence-corrected chi connectivity index (χ1v) is 13.8. The summed E-state index contributed by atoms with van der Waals surface area (Å²) in [4.78, 5) is 19.3. The minimum Gasteiger partial charge on any atom is -0.330 e. The molecule has 0 radical (unpaired) electrons. The normalized spacial score (nSPS) is 11.6. The maximum absolute atomic E-state index is 14.3. The molecule has 3 aromatic carbocycles. The highest BCUT2D eigenvalue weighted by Crippen LogP contribution is 2.23. The summed E-state index contributed by atoms with van der Waals surface area (Å²) in [6.07, 6.45) is 1.47. The highest BCUT2D eigenvalue weighted by Gasteiger charge is 2.28. The van der Waals surface area contributed by atoms with E-state index in [2.05, 4.69) is 4.98 Å². The minimum absolute atomic E-state index is 0.0678. The minimum atomic E-state index is -4.01. The maximum atomic E-state index is 14.3. The summed E-state index contributed by atoms with van der Waals surface area (Å²) >= 11 is 6.10. The van der Waals surface area contributed by atoms with Crippen LogP contribution in [0.3, 0.4) is 0 Å². The van der Waals surface area contributed by atoms with Gasteiger partial charge < -0.3 is 9.47 Å². The molecule has 0 spiro atoms. The van der Waals surface area contributed by atoms with Crippen LogP contribution in [0.2, 0.25) is 5.02 Å². The third-order valence-electron chi connectivity index (χ3n) is 5.95. The van der Waals surface area contributed by atoms with Crippen LogP contribution in [0.15, 0.2) is 90.2 Å². The lowest BCUT2D eigenvalue weighted by Crippen LogP contribution is -2.37. The monoisotopic (exact) mass is 539 g/mol. The quantitative estimate of drug-likeness (QED) is 0.271. The molecular formula is C28H27ClFN3O3S. The van der Waals surface area contributed by atoms with Gasteiger partial charge in [0.05, 0.1) is 30.7 Å². The van der Waals surface area contributed by atoms with Crippen LogP contribution in [0.25, 0.3) is 0 Å². The van der Waals surface area contributed by atoms with Gasteiger partial charge in [-0.15, -0.1) is 0 Å². The number of nitrogens with zero attached hydrogens (tertiary/aromatic N) is 3. The zero-order chi connectivity index (χ0) is 26.6. The number of benzene rings is 3. The number of imidazole rings is 1. The smallest absolute Gasteiger partial charge is 0.254 e. The van der Waals surface area contributed by atoms with E-state index >= 15 is 0 Å². The zero-order valence-electron chi connectivity index (χ0n) is 20.5. The van der Waals surface area contributed by atoms with Gasteiger partial charge in [0.15, 0.2) is 0 Å². The molecule has 0 N–H and O–H groups in total. The molecule has 4 rings (SSSR count). The third kappa shape index (κ3) is 6.26. The van der Waals surface area contributed by atoms with Gasteiger partial charge in [-0.25, -0.2) is 17.8 Å². The Kier molecular flexibility index (Phi) is 8.10. The first-order valence-electron chi connectivity index (χ1n) is 11.8. The van der Waals surface area contributed by atoms with Gasteiger partial charge in [-0.2, -0.15) is 0 Å². The molecule has 0 aliphatic rings. The van der Waals surface area contributed by atoms with Crippen LogP contribution in [0.1, 0.15) is 41.0 Å². The Labute approximate surface area is 221 Å². The van der Waals surface area contributed by atoms with Crippen LogP contribution >= 0.6 is 11.6 Å². The Hall–Kier alpha value is -3.49. The summed E-state index contributed by atoms with van der Waals surface area (Å²) in [5.74, 6) is -1.36. The number of hydrogen-bond donors (Lipinski definition) is 0. The molecule has 0 saturated carbocycles. The fraction of sp³-hybridized carbons (Fsp3) is 0.214. The standard InChI is InChI=1S/C28H27ClFN3O3S/c1-20(2)32(27(34)22-12-8-13-24(29)15-22)18-25-16-31-28(33(25)17-21-9-4-3-5-10-21)37(35,36)19-23-11-6-7-14-26(23)30/h3-16,20H,17-19H2,1-2H3. The second-order valence-corrected chi connectivity index (χ2v) is 11.3. The molecule has 1 amide bonds. The van der Waals surface area contributed by atoms with Crippen LogP contribution < -0.4 is 0 Å². The third-order valence-corrected chi connectivity index (χ3v) is 7.76. The van der Waals surface area contributed by atoms with E-state index in [1.54, 1.807) is 39.8 Å². The lowest BCUT2D eigenvalue weighted by Gasteiger charge is -2.27. The summed E-state index contributed by atoms with van der Waals surface area (Å²) in [5.41, 5.74) is 1.90. The Morgan fingerprint density at radius 1 is 1.03 bits per heavy atom. The highest BCUT2D eigenvalue weighted by atomic mass is 35.5. The van der Waals surface area contributed by atoms with Crippen LogP contribution in [0, 0.1) is 5.82 Å². The van der Waals surface area contributed by atoms with Crippen LogP contribution in [0.4, 0.5) is 4.39 Å². The first kappa shape index (κ1) is 26.6. The predicted octanol–water partition coefficient (Wildman–Crippen LogP) is 5.75. The summed E-state index contributed by atoms with van der Waals surface area (Å²) in [6, 6.07) is 21.7. The number of carbonyl (C=O) groups is 1. The predicted molar refractivity (Wildman–Crippen MR) is 142 cm³/mol. The Balaban J connectivity index is 1.74. The van der Waals surface area contributed by atoms with Gasteiger partial charge in [0.1, 0.15) is 5.82 Å². The molecule has 1 heterocycles. The molecule has 0 saturated heterocycles. The Bertz CT molecular complexity index is 1500. The van der Waals surface area contributed by atoms with Gasteiger partial charge in [-0.3, -0.25) is 4.79 Å². The Morgan fingerprint density at radius 3 is 2.41 bits per heavy atom. The second kappa shape index (κ2) is 11.3. The van der Waals surface area contributed by atoms with E-state index in [-0.39, 0.29) is 35.8 Å². The zero-order valence-corrected chi connectivity index (χ0v) is 22.1. The molecule has 4 aromatic rings. The molecule has 192 valence electrons. The topological polar surface area (TPSA) is 72.3 Å². The Morgan fingerprint density at radius 2 is 1.73 bits per heavy atom. The van der Waals surface area contributed by atoms with Crippen molar-refractivity contribution < 1.29 is 17.6 Å². The number of amides is 1. The van der Waals surface area contributed by atoms with E-state index in [0.717, 1.165) is 5.56 Å². The molecular weight excluding hydrogens is 513 g/mol. The van der Waals surface area contributed by atoms with Gasteiger partial charge in [-0.1, -0.05) is 66.2 Å². The van der Waals surface area contributed by atoms with Crippen LogP contribution in [0.5, 0.6) is 0 Å². The van der Waals surface area contributed by atoms with Crippen molar-refractivity contribution in [3.8, 4) is 0 Å². The number of halogens is 2. The molecule has 9 heteroatoms. The van der Waals surface area contributed by atoms with Crippen molar-refractivity contribution in [1.82, 2.24) is 14.5 Å². The van der Waals surface area contributed by atoms with Gasteiger partial charge in [0.25, 0.3) is 5.91 Å². The van der Waals surface area contributed by atoms with E-state index in [1.807, 2.05) is 44.2 Å². The number of carbonyl (C=O) groups excluding carboxylic acids is 1. The molecule has 0 atom stereocenters. The van der Waals surface area contributed by atoms with E-state index in [0.29, 0.717) is 16.3 Å². The van der Waals surface area contributed by atoms with Crippen molar-refractivity contribution in [1.29, 1.82) is 0 Å². The average Bonchev–Trinajstić information content (AvgIpc) is 3.27. The summed E-state index contributed by atoms with van der Waals surface area (Å²) < 4.78 is 42.8. The summed E-state index contributed by atoms with van der Waals surface area (Å²) in [5, 5.41) is 0.277. The molecule has 6 nitrogen and oxygen atoms in total. The molecule has 1 aromatic heterocycles. The number of rotatable bonds is 9. The number of aromatic nitrogens is 2. The largest absolute Gasteiger partial charge is 0.330 e. The fourth-order valence-corrected chi connectivity index (χ4v) is 5.73. The number of sulfone groups is 1. The van der Waals surface area contributed by atoms with E-state index in [9.17, 15) is 17.6 Å². The maximum Gasteiger partial charge on any atom is 0.254 e. The molecule has 0 aliphatic heterocycles. The highest BCUT2D eigenvalue weighted by molar-refractivity contribution is 7.90. The molecule has 0 fully saturated rings. The van der Waals surface area contributed by atoms with Gasteiger partial charge in [-0.05, 0) is 43.7 Å². The van der Waals surface area contributed by atoms with Gasteiger partial charge in [0.2, 0.25) is 15.0 Å². The molecule has 37 heavy (non-hydrogen) atoms. The van der Waals surface area contributed by atoms with Crippen molar-refractivity contribution in [3.05, 3.63) is 118 Å². The van der Waals surface area contributed by atoms with E-state index in [4.69, 9.17) is 11.6 Å². The lowest BCUT2D eigenvalue weighted by atomic mass is 10.1. The van der Waals surface area contributed by atoms with E-state index < -0.39 is 21.4 Å². The van der Waals surface area contributed by atoms with Crippen molar-refractivity contribution >= 4 is 27.3 Å². The van der Waals surface area contributed by atoms with Crippen molar-refractivity contribution in [2.24, 2.45) is 0 Å². The number of hydrogen-bond acceptors (Lipinski definition) is 4. The lowest BCUT2D eigenvalue weighted by molar-refractivity contribution is 0.0685. The molecule has 0 aliphatic carbocycles. The summed E-state index contributed by atoms with van der Waals surface area (Å²) in [7, 11) is -4.01. The molecule has 0 bridgehead atoms. The van der Waals surface area contributed by atoms with Crippen molar-refractivity contribution in [3.63, 3.8) is 0 Å². The van der Waals surface area contributed by atoms with Crippen molar-refractivity contribution in [2.45, 2.75) is 43.9 Å². The van der Waals surface area contributed by atoms with Crippen LogP contribution in [-0.4, -0.2) is 34.8 Å². The molecule has 0 unspecified atom stereocenters. The average molecular weight is 540 g/mol. The van der Waals surface area contributed by atoms with Crippen LogP contribution in [-0.2, 0) is 28.7 Å². The van der Waals surface area contributed by atoms with E-state index in [1.165, 1.54) is 24.4 Å². The SMILES string of the molecule is CC(C)N(Cc1cnc(S(=O)(=O)Cc2ccccc2F)n1Cc1ccccc1)C(=O)c1cccc(Cl)c1. The van der Waals surface area contributed by atoms with Gasteiger partial charge in [0, 0.05) is 22.2 Å². The van der Waals surface area contributed by atoms with Gasteiger partial charge >= 0.3 is 0 Å². The van der Waals surface area contributed by atoms with Crippen molar-refractivity contribution in [2.75, 3.05) is 0 Å².